The van der Waals surface area contributed by atoms with Gasteiger partial charge in [0.1, 0.15) is 11.9 Å². The lowest BCUT2D eigenvalue weighted by Crippen LogP contribution is -2.46. The monoisotopic (exact) mass is 248 g/mol. The predicted molar refractivity (Wildman–Crippen MR) is 70.6 cm³/mol. The summed E-state index contributed by atoms with van der Waals surface area (Å²) in [4.78, 5) is 18.4. The highest BCUT2D eigenvalue weighted by atomic mass is 16.5. The number of piperidine rings is 1. The van der Waals surface area contributed by atoms with Crippen LogP contribution in [0.1, 0.15) is 31.7 Å². The van der Waals surface area contributed by atoms with Gasteiger partial charge in [0.15, 0.2) is 0 Å². The number of aryl methyl sites for hydroxylation is 1. The third-order valence-electron chi connectivity index (χ3n) is 3.26. The Morgan fingerprint density at radius 3 is 3.11 bits per heavy atom. The summed E-state index contributed by atoms with van der Waals surface area (Å²) in [5, 5.41) is 0. The van der Waals surface area contributed by atoms with Crippen molar-refractivity contribution in [2.24, 2.45) is 0 Å². The van der Waals surface area contributed by atoms with Crippen molar-refractivity contribution in [3.8, 4) is 0 Å². The van der Waals surface area contributed by atoms with Gasteiger partial charge in [0.05, 0.1) is 6.61 Å². The first-order valence-corrected chi connectivity index (χ1v) is 6.58. The van der Waals surface area contributed by atoms with Crippen molar-refractivity contribution in [3.63, 3.8) is 0 Å². The van der Waals surface area contributed by atoms with Crippen molar-refractivity contribution in [2.45, 2.75) is 39.2 Å². The Labute approximate surface area is 108 Å². The van der Waals surface area contributed by atoms with E-state index in [1.807, 2.05) is 26.0 Å². The van der Waals surface area contributed by atoms with E-state index >= 15 is 0 Å². The quantitative estimate of drug-likeness (QED) is 0.770. The number of rotatable bonds is 3. The van der Waals surface area contributed by atoms with Gasteiger partial charge in [0.2, 0.25) is 0 Å². The van der Waals surface area contributed by atoms with Crippen LogP contribution in [0, 0.1) is 6.92 Å². The van der Waals surface area contributed by atoms with E-state index in [9.17, 15) is 4.79 Å². The number of carbonyl (C=O) groups excluding carboxylic acids is 1. The zero-order valence-electron chi connectivity index (χ0n) is 11.1. The molecule has 0 saturated carbocycles. The molecule has 1 saturated heterocycles. The predicted octanol–water partition coefficient (Wildman–Crippen LogP) is 2.31. The summed E-state index contributed by atoms with van der Waals surface area (Å²) < 4.78 is 5.15. The zero-order valence-corrected chi connectivity index (χ0v) is 11.1. The Balaban J connectivity index is 2.20. The van der Waals surface area contributed by atoms with E-state index in [-0.39, 0.29) is 12.0 Å². The molecular formula is C14H20N2O2. The van der Waals surface area contributed by atoms with Crippen LogP contribution < -0.4 is 4.90 Å². The van der Waals surface area contributed by atoms with Crippen molar-refractivity contribution in [3.05, 3.63) is 23.9 Å². The molecule has 0 radical (unpaired) electrons. The molecule has 0 amide bonds. The van der Waals surface area contributed by atoms with E-state index in [2.05, 4.69) is 9.88 Å². The fourth-order valence-electron chi connectivity index (χ4n) is 2.37. The van der Waals surface area contributed by atoms with Gasteiger partial charge in [-0.25, -0.2) is 9.78 Å². The van der Waals surface area contributed by atoms with Crippen molar-refractivity contribution in [1.29, 1.82) is 0 Å². The van der Waals surface area contributed by atoms with Crippen LogP contribution in [-0.2, 0) is 9.53 Å². The maximum absolute atomic E-state index is 12.0. The highest BCUT2D eigenvalue weighted by molar-refractivity contribution is 5.80. The molecule has 0 aromatic carbocycles. The van der Waals surface area contributed by atoms with Gasteiger partial charge in [-0.15, -0.1) is 0 Å². The average Bonchev–Trinajstić information content (AvgIpc) is 2.39. The lowest BCUT2D eigenvalue weighted by Gasteiger charge is -2.35. The van der Waals surface area contributed by atoms with Gasteiger partial charge in [-0.05, 0) is 50.8 Å². The average molecular weight is 248 g/mol. The number of carbonyl (C=O) groups is 1. The van der Waals surface area contributed by atoms with E-state index in [0.717, 1.165) is 37.2 Å². The van der Waals surface area contributed by atoms with Gasteiger partial charge in [-0.2, -0.15) is 0 Å². The van der Waals surface area contributed by atoms with Crippen LogP contribution in [-0.4, -0.2) is 30.1 Å². The van der Waals surface area contributed by atoms with Crippen LogP contribution >= 0.6 is 0 Å². The Hall–Kier alpha value is -1.58. The molecule has 0 aliphatic carbocycles. The van der Waals surface area contributed by atoms with Gasteiger partial charge in [-0.3, -0.25) is 0 Å². The van der Waals surface area contributed by atoms with Crippen molar-refractivity contribution >= 4 is 11.8 Å². The summed E-state index contributed by atoms with van der Waals surface area (Å²) >= 11 is 0. The van der Waals surface area contributed by atoms with E-state index in [1.165, 1.54) is 0 Å². The van der Waals surface area contributed by atoms with Crippen molar-refractivity contribution in [1.82, 2.24) is 4.98 Å². The molecular weight excluding hydrogens is 228 g/mol. The summed E-state index contributed by atoms with van der Waals surface area (Å²) in [7, 11) is 0. The van der Waals surface area contributed by atoms with Crippen LogP contribution in [0.3, 0.4) is 0 Å². The Morgan fingerprint density at radius 1 is 1.56 bits per heavy atom. The van der Waals surface area contributed by atoms with Gasteiger partial charge in [-0.1, -0.05) is 0 Å². The molecule has 2 rings (SSSR count). The van der Waals surface area contributed by atoms with Gasteiger partial charge in [0.25, 0.3) is 0 Å². The molecule has 1 aliphatic rings. The zero-order chi connectivity index (χ0) is 13.0. The molecule has 0 bridgehead atoms. The first-order valence-electron chi connectivity index (χ1n) is 6.58. The molecule has 1 aliphatic heterocycles. The first kappa shape index (κ1) is 12.9. The van der Waals surface area contributed by atoms with E-state index in [1.54, 1.807) is 6.20 Å². The molecule has 1 unspecified atom stereocenters. The summed E-state index contributed by atoms with van der Waals surface area (Å²) in [6.07, 6.45) is 4.83. The number of aromatic nitrogens is 1. The summed E-state index contributed by atoms with van der Waals surface area (Å²) in [5.41, 5.74) is 1.16. The van der Waals surface area contributed by atoms with Crippen molar-refractivity contribution in [2.75, 3.05) is 18.1 Å². The molecule has 0 spiro atoms. The van der Waals surface area contributed by atoms with Gasteiger partial charge >= 0.3 is 5.97 Å². The highest BCUT2D eigenvalue weighted by Gasteiger charge is 2.30. The Bertz CT molecular complexity index is 420. The SMILES string of the molecule is CCOC(=O)C1CCCCN1c1cc(C)ccn1. The summed E-state index contributed by atoms with van der Waals surface area (Å²) in [5.74, 6) is 0.758. The van der Waals surface area contributed by atoms with Gasteiger partial charge < -0.3 is 9.64 Å². The molecule has 4 nitrogen and oxygen atoms in total. The molecule has 1 aromatic rings. The van der Waals surface area contributed by atoms with Crippen LogP contribution in [0.5, 0.6) is 0 Å². The fourth-order valence-corrected chi connectivity index (χ4v) is 2.37. The van der Waals surface area contributed by atoms with E-state index < -0.39 is 0 Å². The normalized spacial score (nSPS) is 19.7. The standard InChI is InChI=1S/C14H20N2O2/c1-3-18-14(17)12-6-4-5-9-16(12)13-10-11(2)7-8-15-13/h7-8,10,12H,3-6,9H2,1-2H3. The lowest BCUT2D eigenvalue weighted by molar-refractivity contribution is -0.145. The number of esters is 1. The smallest absolute Gasteiger partial charge is 0.328 e. The largest absolute Gasteiger partial charge is 0.464 e. The molecule has 18 heavy (non-hydrogen) atoms. The second-order valence-corrected chi connectivity index (χ2v) is 4.65. The maximum Gasteiger partial charge on any atom is 0.328 e. The number of ether oxygens (including phenoxy) is 1. The second-order valence-electron chi connectivity index (χ2n) is 4.65. The number of pyridine rings is 1. The van der Waals surface area contributed by atoms with E-state index in [4.69, 9.17) is 4.74 Å². The molecule has 0 N–H and O–H groups in total. The van der Waals surface area contributed by atoms with Crippen LogP contribution in [0.4, 0.5) is 5.82 Å². The van der Waals surface area contributed by atoms with Gasteiger partial charge in [0, 0.05) is 12.7 Å². The molecule has 1 aromatic heterocycles. The lowest BCUT2D eigenvalue weighted by atomic mass is 10.0. The van der Waals surface area contributed by atoms with Crippen LogP contribution in [0.15, 0.2) is 18.3 Å². The minimum Gasteiger partial charge on any atom is -0.464 e. The second kappa shape index (κ2) is 5.85. The Morgan fingerprint density at radius 2 is 2.39 bits per heavy atom. The number of hydrogen-bond donors (Lipinski definition) is 0. The minimum absolute atomic E-state index is 0.125. The number of nitrogens with zero attached hydrogens (tertiary/aromatic N) is 2. The number of anilines is 1. The Kier molecular flexibility index (Phi) is 4.18. The summed E-state index contributed by atoms with van der Waals surface area (Å²) in [6, 6.07) is 3.82. The molecule has 1 atom stereocenters. The third-order valence-corrected chi connectivity index (χ3v) is 3.26. The fraction of sp³-hybridized carbons (Fsp3) is 0.571. The van der Waals surface area contributed by atoms with E-state index in [0.29, 0.717) is 6.61 Å². The molecule has 4 heteroatoms. The number of hydrogen-bond acceptors (Lipinski definition) is 4. The highest BCUT2D eigenvalue weighted by Crippen LogP contribution is 2.24. The van der Waals surface area contributed by atoms with Crippen LogP contribution in [0.2, 0.25) is 0 Å². The molecule has 2 heterocycles. The third kappa shape index (κ3) is 2.81. The first-order chi connectivity index (χ1) is 8.72. The minimum atomic E-state index is -0.173. The molecule has 1 fully saturated rings. The maximum atomic E-state index is 12.0. The van der Waals surface area contributed by atoms with Crippen molar-refractivity contribution < 1.29 is 9.53 Å². The summed E-state index contributed by atoms with van der Waals surface area (Å²) in [6.45, 7) is 5.19. The van der Waals surface area contributed by atoms with Crippen LogP contribution in [0.25, 0.3) is 0 Å². The molecule has 98 valence electrons. The topological polar surface area (TPSA) is 42.4 Å².